The number of carbonyl (C=O) groups excluding carboxylic acids is 1. The van der Waals surface area contributed by atoms with Crippen molar-refractivity contribution in [1.29, 1.82) is 0 Å². The van der Waals surface area contributed by atoms with Crippen LogP contribution in [0.3, 0.4) is 0 Å². The van der Waals surface area contributed by atoms with Gasteiger partial charge in [-0.15, -0.1) is 0 Å². The second-order valence-corrected chi connectivity index (χ2v) is 5.72. The number of para-hydroxylation sites is 2. The van der Waals surface area contributed by atoms with Crippen molar-refractivity contribution >= 4 is 23.2 Å². The Hall–Kier alpha value is -2.04. The monoisotopic (exact) mass is 346 g/mol. The molecule has 0 fully saturated rings. The zero-order valence-corrected chi connectivity index (χ0v) is 14.8. The minimum Gasteiger partial charge on any atom is -0.490 e. The standard InChI is InChI=1S/C19H23ClN2O2/c1-3-22(4-2)13-14-24-18-16(11-8-12-17(18)20)19(23)21-15-9-6-5-7-10-15/h5-12H,3-4,13-14H2,1-2H3,(H,21,23). The summed E-state index contributed by atoms with van der Waals surface area (Å²) < 4.78 is 5.83. The molecule has 0 aromatic heterocycles. The summed E-state index contributed by atoms with van der Waals surface area (Å²) in [7, 11) is 0. The van der Waals surface area contributed by atoms with Crippen molar-refractivity contribution in [3.8, 4) is 5.75 Å². The first-order valence-electron chi connectivity index (χ1n) is 8.15. The molecule has 1 amide bonds. The van der Waals surface area contributed by atoms with Crippen molar-refractivity contribution < 1.29 is 9.53 Å². The molecule has 2 aromatic carbocycles. The first kappa shape index (κ1) is 18.3. The molecular formula is C19H23ClN2O2. The molecule has 0 bridgehead atoms. The summed E-state index contributed by atoms with van der Waals surface area (Å²) in [5, 5.41) is 3.30. The van der Waals surface area contributed by atoms with Crippen molar-refractivity contribution in [3.05, 3.63) is 59.1 Å². The number of benzene rings is 2. The van der Waals surface area contributed by atoms with Crippen LogP contribution in [0.2, 0.25) is 5.02 Å². The number of rotatable bonds is 8. The number of amides is 1. The maximum absolute atomic E-state index is 12.5. The van der Waals surface area contributed by atoms with Crippen LogP contribution in [0.4, 0.5) is 5.69 Å². The minimum atomic E-state index is -0.235. The van der Waals surface area contributed by atoms with Gasteiger partial charge >= 0.3 is 0 Å². The average molecular weight is 347 g/mol. The lowest BCUT2D eigenvalue weighted by Gasteiger charge is -2.19. The smallest absolute Gasteiger partial charge is 0.259 e. The second kappa shape index (κ2) is 9.30. The third kappa shape index (κ3) is 4.98. The molecule has 0 saturated carbocycles. The molecule has 128 valence electrons. The zero-order valence-electron chi connectivity index (χ0n) is 14.1. The van der Waals surface area contributed by atoms with Gasteiger partial charge in [-0.3, -0.25) is 4.79 Å². The van der Waals surface area contributed by atoms with Gasteiger partial charge in [-0.1, -0.05) is 49.7 Å². The summed E-state index contributed by atoms with van der Waals surface area (Å²) >= 11 is 6.24. The van der Waals surface area contributed by atoms with Gasteiger partial charge in [0.05, 0.1) is 10.6 Å². The van der Waals surface area contributed by atoms with Gasteiger partial charge in [-0.05, 0) is 37.4 Å². The Morgan fingerprint density at radius 2 is 1.79 bits per heavy atom. The number of nitrogens with one attached hydrogen (secondary N) is 1. The topological polar surface area (TPSA) is 41.6 Å². The number of anilines is 1. The van der Waals surface area contributed by atoms with E-state index in [2.05, 4.69) is 24.1 Å². The van der Waals surface area contributed by atoms with Gasteiger partial charge in [0.1, 0.15) is 6.61 Å². The van der Waals surface area contributed by atoms with Gasteiger partial charge in [0.15, 0.2) is 5.75 Å². The molecule has 0 heterocycles. The van der Waals surface area contributed by atoms with Crippen molar-refractivity contribution in [2.24, 2.45) is 0 Å². The van der Waals surface area contributed by atoms with E-state index >= 15 is 0 Å². The summed E-state index contributed by atoms with van der Waals surface area (Å²) in [4.78, 5) is 14.8. The van der Waals surface area contributed by atoms with Gasteiger partial charge in [-0.2, -0.15) is 0 Å². The van der Waals surface area contributed by atoms with Gasteiger partial charge in [0.25, 0.3) is 5.91 Å². The van der Waals surface area contributed by atoms with Crippen molar-refractivity contribution in [2.45, 2.75) is 13.8 Å². The van der Waals surface area contributed by atoms with E-state index in [1.165, 1.54) is 0 Å². The highest BCUT2D eigenvalue weighted by molar-refractivity contribution is 6.32. The van der Waals surface area contributed by atoms with Crippen LogP contribution in [0.5, 0.6) is 5.75 Å². The molecule has 4 nitrogen and oxygen atoms in total. The number of carbonyl (C=O) groups is 1. The zero-order chi connectivity index (χ0) is 17.4. The molecule has 0 atom stereocenters. The molecule has 0 aliphatic rings. The Labute approximate surface area is 148 Å². The highest BCUT2D eigenvalue weighted by Gasteiger charge is 2.16. The van der Waals surface area contributed by atoms with E-state index in [0.29, 0.717) is 22.9 Å². The predicted octanol–water partition coefficient (Wildman–Crippen LogP) is 4.31. The lowest BCUT2D eigenvalue weighted by Crippen LogP contribution is -2.28. The fraction of sp³-hybridized carbons (Fsp3) is 0.316. The Bertz CT molecular complexity index is 658. The number of ether oxygens (including phenoxy) is 1. The first-order chi connectivity index (χ1) is 11.7. The normalized spacial score (nSPS) is 10.7. The summed E-state index contributed by atoms with van der Waals surface area (Å²) in [6, 6.07) is 14.5. The molecule has 0 saturated heterocycles. The maximum Gasteiger partial charge on any atom is 0.259 e. The van der Waals surface area contributed by atoms with Gasteiger partial charge in [-0.25, -0.2) is 0 Å². The molecule has 2 aromatic rings. The van der Waals surface area contributed by atoms with E-state index < -0.39 is 0 Å². The summed E-state index contributed by atoms with van der Waals surface area (Å²) in [5.41, 5.74) is 1.17. The molecule has 5 heteroatoms. The van der Waals surface area contributed by atoms with E-state index in [4.69, 9.17) is 16.3 Å². The van der Waals surface area contributed by atoms with Gasteiger partial charge in [0.2, 0.25) is 0 Å². The van der Waals surface area contributed by atoms with Crippen LogP contribution in [0.15, 0.2) is 48.5 Å². The van der Waals surface area contributed by atoms with Crippen LogP contribution in [-0.4, -0.2) is 37.0 Å². The second-order valence-electron chi connectivity index (χ2n) is 5.31. The Kier molecular flexibility index (Phi) is 7.09. The fourth-order valence-corrected chi connectivity index (χ4v) is 2.60. The molecular weight excluding hydrogens is 324 g/mol. The molecule has 0 spiro atoms. The summed E-state index contributed by atoms with van der Waals surface area (Å²) in [5.74, 6) is 0.196. The van der Waals surface area contributed by atoms with Crippen LogP contribution >= 0.6 is 11.6 Å². The highest BCUT2D eigenvalue weighted by Crippen LogP contribution is 2.29. The number of halogens is 1. The molecule has 0 aliphatic heterocycles. The maximum atomic E-state index is 12.5. The summed E-state index contributed by atoms with van der Waals surface area (Å²) in [6.07, 6.45) is 0. The van der Waals surface area contributed by atoms with Crippen LogP contribution in [-0.2, 0) is 0 Å². The lowest BCUT2D eigenvalue weighted by atomic mass is 10.1. The van der Waals surface area contributed by atoms with E-state index in [-0.39, 0.29) is 5.91 Å². The molecule has 1 N–H and O–H groups in total. The van der Waals surface area contributed by atoms with Gasteiger partial charge in [0, 0.05) is 12.2 Å². The molecule has 0 unspecified atom stereocenters. The highest BCUT2D eigenvalue weighted by atomic mass is 35.5. The van der Waals surface area contributed by atoms with E-state index in [1.54, 1.807) is 18.2 Å². The van der Waals surface area contributed by atoms with Crippen molar-refractivity contribution in [3.63, 3.8) is 0 Å². The minimum absolute atomic E-state index is 0.235. The third-order valence-electron chi connectivity index (χ3n) is 3.79. The first-order valence-corrected chi connectivity index (χ1v) is 8.53. The molecule has 0 radical (unpaired) electrons. The Morgan fingerprint density at radius 1 is 1.08 bits per heavy atom. The quantitative estimate of drug-likeness (QED) is 0.774. The van der Waals surface area contributed by atoms with Crippen molar-refractivity contribution in [2.75, 3.05) is 31.6 Å². The van der Waals surface area contributed by atoms with E-state index in [1.807, 2.05) is 30.3 Å². The molecule has 2 rings (SSSR count). The van der Waals surface area contributed by atoms with Crippen molar-refractivity contribution in [1.82, 2.24) is 4.90 Å². The molecule has 24 heavy (non-hydrogen) atoms. The number of hydrogen-bond donors (Lipinski definition) is 1. The number of nitrogens with zero attached hydrogens (tertiary/aromatic N) is 1. The third-order valence-corrected chi connectivity index (χ3v) is 4.09. The number of likely N-dealkylation sites (N-methyl/N-ethyl adjacent to an activating group) is 1. The van der Waals surface area contributed by atoms with Crippen LogP contribution in [0.25, 0.3) is 0 Å². The van der Waals surface area contributed by atoms with E-state index in [9.17, 15) is 4.79 Å². The fourth-order valence-electron chi connectivity index (χ4n) is 2.37. The lowest BCUT2D eigenvalue weighted by molar-refractivity contribution is 0.102. The predicted molar refractivity (Wildman–Crippen MR) is 99.1 cm³/mol. The summed E-state index contributed by atoms with van der Waals surface area (Å²) in [6.45, 7) is 7.41. The molecule has 0 aliphatic carbocycles. The van der Waals surface area contributed by atoms with E-state index in [0.717, 1.165) is 25.3 Å². The van der Waals surface area contributed by atoms with Gasteiger partial charge < -0.3 is 15.0 Å². The van der Waals surface area contributed by atoms with Crippen LogP contribution in [0.1, 0.15) is 24.2 Å². The van der Waals surface area contributed by atoms with Crippen LogP contribution in [0, 0.1) is 0 Å². The Morgan fingerprint density at radius 3 is 2.46 bits per heavy atom. The Balaban J connectivity index is 2.09. The largest absolute Gasteiger partial charge is 0.490 e. The van der Waals surface area contributed by atoms with Crippen LogP contribution < -0.4 is 10.1 Å². The SMILES string of the molecule is CCN(CC)CCOc1c(Cl)cccc1C(=O)Nc1ccccc1. The number of hydrogen-bond acceptors (Lipinski definition) is 3. The average Bonchev–Trinajstić information content (AvgIpc) is 2.60.